The fraction of sp³-hybridized carbons (Fsp3) is 0.167. The Morgan fingerprint density at radius 2 is 1.53 bits per heavy atom. The van der Waals surface area contributed by atoms with E-state index >= 15 is 0 Å². The van der Waals surface area contributed by atoms with Crippen LogP contribution in [0.15, 0.2) is 60.8 Å². The molecule has 1 amide bonds. The Morgan fingerprint density at radius 3 is 2.17 bits per heavy atom. The molecule has 4 aromatic rings. The van der Waals surface area contributed by atoms with E-state index in [2.05, 4.69) is 5.32 Å². The van der Waals surface area contributed by atoms with Crippen LogP contribution < -0.4 is 14.8 Å². The van der Waals surface area contributed by atoms with Gasteiger partial charge in [0.15, 0.2) is 0 Å². The van der Waals surface area contributed by atoms with Gasteiger partial charge in [0.1, 0.15) is 28.5 Å². The molecule has 0 atom stereocenters. The van der Waals surface area contributed by atoms with Crippen LogP contribution in [0.5, 0.6) is 11.5 Å². The molecule has 4 rings (SSSR count). The number of nitrogens with one attached hydrogen (secondary N) is 1. The maximum atomic E-state index is 13.4. The molecule has 0 fully saturated rings. The van der Waals surface area contributed by atoms with Gasteiger partial charge >= 0.3 is 0 Å². The lowest BCUT2D eigenvalue weighted by molar-refractivity contribution is 0.102. The van der Waals surface area contributed by atoms with Gasteiger partial charge in [-0.05, 0) is 25.5 Å². The molecule has 0 saturated carbocycles. The van der Waals surface area contributed by atoms with E-state index in [-0.39, 0.29) is 5.91 Å². The molecule has 0 unspecified atom stereocenters. The van der Waals surface area contributed by atoms with Gasteiger partial charge in [0.25, 0.3) is 5.91 Å². The van der Waals surface area contributed by atoms with Gasteiger partial charge in [0.2, 0.25) is 0 Å². The van der Waals surface area contributed by atoms with Gasteiger partial charge < -0.3 is 14.8 Å². The van der Waals surface area contributed by atoms with Crippen molar-refractivity contribution >= 4 is 17.2 Å². The van der Waals surface area contributed by atoms with Gasteiger partial charge in [-0.2, -0.15) is 0 Å². The molecule has 0 aliphatic heterocycles. The van der Waals surface area contributed by atoms with Crippen molar-refractivity contribution in [1.29, 1.82) is 0 Å². The number of carbonyl (C=O) groups excluding carboxylic acids is 1. The molecule has 6 nitrogen and oxygen atoms in total. The lowest BCUT2D eigenvalue weighted by Crippen LogP contribution is -2.15. The Hall–Kier alpha value is -3.80. The number of hydrogen-bond acceptors (Lipinski definition) is 4. The highest BCUT2D eigenvalue weighted by Gasteiger charge is 2.21. The monoisotopic (exact) mass is 401 g/mol. The van der Waals surface area contributed by atoms with Crippen LogP contribution in [0.1, 0.15) is 21.6 Å². The minimum absolute atomic E-state index is 0.265. The molecule has 0 aliphatic carbocycles. The Balaban J connectivity index is 1.82. The molecule has 1 N–H and O–H groups in total. The van der Waals surface area contributed by atoms with E-state index < -0.39 is 0 Å². The van der Waals surface area contributed by atoms with E-state index in [9.17, 15) is 4.79 Å². The zero-order valence-electron chi connectivity index (χ0n) is 17.4. The van der Waals surface area contributed by atoms with E-state index in [1.807, 2.05) is 60.8 Å². The Bertz CT molecular complexity index is 1200. The van der Waals surface area contributed by atoms with Gasteiger partial charge in [-0.1, -0.05) is 35.9 Å². The first-order valence-corrected chi connectivity index (χ1v) is 9.58. The third-order valence-electron chi connectivity index (χ3n) is 4.92. The summed E-state index contributed by atoms with van der Waals surface area (Å²) in [6, 6.07) is 17.1. The molecule has 152 valence electrons. The molecule has 0 aliphatic rings. The number of nitrogens with zero attached hydrogens (tertiary/aromatic N) is 2. The Labute approximate surface area is 175 Å². The topological polar surface area (TPSA) is 64.9 Å². The molecule has 2 aromatic heterocycles. The second kappa shape index (κ2) is 7.91. The molecule has 0 bridgehead atoms. The van der Waals surface area contributed by atoms with Gasteiger partial charge in [0.05, 0.1) is 14.2 Å². The predicted octanol–water partition coefficient (Wildman–Crippen LogP) is 4.89. The van der Waals surface area contributed by atoms with Crippen molar-refractivity contribution in [1.82, 2.24) is 9.38 Å². The fourth-order valence-electron chi connectivity index (χ4n) is 3.35. The predicted molar refractivity (Wildman–Crippen MR) is 118 cm³/mol. The maximum absolute atomic E-state index is 13.4. The largest absolute Gasteiger partial charge is 0.497 e. The summed E-state index contributed by atoms with van der Waals surface area (Å²) in [6.07, 6.45) is 1.92. The fourth-order valence-corrected chi connectivity index (χ4v) is 3.35. The van der Waals surface area contributed by atoms with Crippen LogP contribution in [0.2, 0.25) is 0 Å². The summed E-state index contributed by atoms with van der Waals surface area (Å²) in [4.78, 5) is 18.1. The number of hydrogen-bond donors (Lipinski definition) is 1. The summed E-state index contributed by atoms with van der Waals surface area (Å²) in [5.41, 5.74) is 5.46. The number of imidazole rings is 1. The molecule has 2 aromatic carbocycles. The SMILES string of the molecule is COc1cc(NC(=O)c2c(-c3ccc(C)cc3)nc3ccc(C)cn23)cc(OC)c1. The number of fused-ring (bicyclic) bond motifs is 1. The van der Waals surface area contributed by atoms with Crippen LogP contribution in [-0.2, 0) is 0 Å². The first kappa shape index (κ1) is 19.5. The number of ether oxygens (including phenoxy) is 2. The minimum atomic E-state index is -0.265. The van der Waals surface area contributed by atoms with Crippen molar-refractivity contribution < 1.29 is 14.3 Å². The van der Waals surface area contributed by atoms with E-state index in [0.29, 0.717) is 34.2 Å². The quantitative estimate of drug-likeness (QED) is 0.517. The number of pyridine rings is 1. The number of methoxy groups -OCH3 is 2. The Kier molecular flexibility index (Phi) is 5.14. The molecule has 30 heavy (non-hydrogen) atoms. The normalized spacial score (nSPS) is 10.8. The summed E-state index contributed by atoms with van der Waals surface area (Å²) in [5.74, 6) is 0.925. The molecule has 0 radical (unpaired) electrons. The third kappa shape index (κ3) is 3.72. The van der Waals surface area contributed by atoms with Gasteiger partial charge in [-0.3, -0.25) is 9.20 Å². The van der Waals surface area contributed by atoms with Gasteiger partial charge in [-0.25, -0.2) is 4.98 Å². The van der Waals surface area contributed by atoms with Crippen LogP contribution in [-0.4, -0.2) is 29.5 Å². The third-order valence-corrected chi connectivity index (χ3v) is 4.92. The van der Waals surface area contributed by atoms with Crippen molar-refractivity contribution in [2.45, 2.75) is 13.8 Å². The Morgan fingerprint density at radius 1 is 0.900 bits per heavy atom. The van der Waals surface area contributed by atoms with Crippen LogP contribution in [0.3, 0.4) is 0 Å². The molecular formula is C24H23N3O3. The molecule has 0 spiro atoms. The van der Waals surface area contributed by atoms with Crippen molar-refractivity contribution in [3.05, 3.63) is 77.6 Å². The highest BCUT2D eigenvalue weighted by Crippen LogP contribution is 2.29. The van der Waals surface area contributed by atoms with E-state index in [0.717, 1.165) is 16.7 Å². The average Bonchev–Trinajstić information content (AvgIpc) is 3.12. The smallest absolute Gasteiger partial charge is 0.274 e. The summed E-state index contributed by atoms with van der Waals surface area (Å²) >= 11 is 0. The summed E-state index contributed by atoms with van der Waals surface area (Å²) in [7, 11) is 3.15. The molecule has 6 heteroatoms. The number of amides is 1. The number of aryl methyl sites for hydroxylation is 2. The van der Waals surface area contributed by atoms with E-state index in [1.54, 1.807) is 32.4 Å². The van der Waals surface area contributed by atoms with Crippen molar-refractivity contribution in [3.63, 3.8) is 0 Å². The first-order chi connectivity index (χ1) is 14.5. The highest BCUT2D eigenvalue weighted by atomic mass is 16.5. The van der Waals surface area contributed by atoms with Crippen LogP contribution >= 0.6 is 0 Å². The summed E-state index contributed by atoms with van der Waals surface area (Å²) in [5, 5.41) is 2.97. The number of rotatable bonds is 5. The first-order valence-electron chi connectivity index (χ1n) is 9.58. The molecular weight excluding hydrogens is 378 g/mol. The van der Waals surface area contributed by atoms with Crippen LogP contribution in [0.4, 0.5) is 5.69 Å². The van der Waals surface area contributed by atoms with Crippen molar-refractivity contribution in [2.75, 3.05) is 19.5 Å². The minimum Gasteiger partial charge on any atom is -0.497 e. The number of carbonyl (C=O) groups is 1. The second-order valence-electron chi connectivity index (χ2n) is 7.17. The number of anilines is 1. The number of benzene rings is 2. The van der Waals surface area contributed by atoms with Crippen molar-refractivity contribution in [2.24, 2.45) is 0 Å². The highest BCUT2D eigenvalue weighted by molar-refractivity contribution is 6.08. The van der Waals surface area contributed by atoms with Gasteiger partial charge in [0, 0.05) is 35.6 Å². The molecule has 2 heterocycles. The second-order valence-corrected chi connectivity index (χ2v) is 7.17. The summed E-state index contributed by atoms with van der Waals surface area (Å²) < 4.78 is 12.5. The summed E-state index contributed by atoms with van der Waals surface area (Å²) in [6.45, 7) is 4.01. The van der Waals surface area contributed by atoms with Crippen LogP contribution in [0, 0.1) is 13.8 Å². The lowest BCUT2D eigenvalue weighted by Gasteiger charge is -2.11. The zero-order valence-corrected chi connectivity index (χ0v) is 17.4. The van der Waals surface area contributed by atoms with E-state index in [1.165, 1.54) is 0 Å². The lowest BCUT2D eigenvalue weighted by atomic mass is 10.1. The van der Waals surface area contributed by atoms with Gasteiger partial charge in [-0.15, -0.1) is 0 Å². The zero-order chi connectivity index (χ0) is 21.3. The van der Waals surface area contributed by atoms with Crippen LogP contribution in [0.25, 0.3) is 16.9 Å². The average molecular weight is 401 g/mol. The molecule has 0 saturated heterocycles. The van der Waals surface area contributed by atoms with E-state index in [4.69, 9.17) is 14.5 Å². The standard InChI is InChI=1S/C24H23N3O3/c1-15-5-8-17(9-6-15)22-23(27-14-16(2)7-10-21(27)26-22)24(28)25-18-11-19(29-3)13-20(12-18)30-4/h5-14H,1-4H3,(H,25,28). The number of aromatic nitrogens is 2. The maximum Gasteiger partial charge on any atom is 0.274 e. The van der Waals surface area contributed by atoms with Crippen molar-refractivity contribution in [3.8, 4) is 22.8 Å².